The standard InChI is InChI=1S/C13H27NO8/c14-13(16)22-12-11-21-10-9-20-8-7-19-6-5-18-4-3-17-2-1-15/h15H,1-12H2,(H2,14,16). The van der Waals surface area contributed by atoms with Gasteiger partial charge in [0.1, 0.15) is 6.61 Å². The van der Waals surface area contributed by atoms with Gasteiger partial charge in [-0.3, -0.25) is 0 Å². The monoisotopic (exact) mass is 325 g/mol. The minimum Gasteiger partial charge on any atom is -0.447 e. The van der Waals surface area contributed by atoms with Gasteiger partial charge in [0.25, 0.3) is 0 Å². The summed E-state index contributed by atoms with van der Waals surface area (Å²) in [6, 6.07) is 0. The van der Waals surface area contributed by atoms with Gasteiger partial charge in [0.15, 0.2) is 0 Å². The number of carbonyl (C=O) groups is 1. The van der Waals surface area contributed by atoms with Crippen molar-refractivity contribution < 1.29 is 38.3 Å². The van der Waals surface area contributed by atoms with Crippen LogP contribution in [0.15, 0.2) is 0 Å². The van der Waals surface area contributed by atoms with Crippen molar-refractivity contribution in [3.63, 3.8) is 0 Å². The molecular formula is C13H27NO8. The molecule has 0 unspecified atom stereocenters. The van der Waals surface area contributed by atoms with Crippen molar-refractivity contribution in [2.24, 2.45) is 5.73 Å². The van der Waals surface area contributed by atoms with Crippen molar-refractivity contribution in [2.45, 2.75) is 0 Å². The Morgan fingerprint density at radius 2 is 0.955 bits per heavy atom. The lowest BCUT2D eigenvalue weighted by Crippen LogP contribution is -2.17. The molecule has 0 bridgehead atoms. The van der Waals surface area contributed by atoms with E-state index in [-0.39, 0.29) is 13.2 Å². The fraction of sp³-hybridized carbons (Fsp3) is 0.923. The van der Waals surface area contributed by atoms with Crippen LogP contribution < -0.4 is 5.73 Å². The lowest BCUT2D eigenvalue weighted by molar-refractivity contribution is -0.0155. The maximum Gasteiger partial charge on any atom is 0.404 e. The lowest BCUT2D eigenvalue weighted by Gasteiger charge is -2.07. The molecule has 0 saturated heterocycles. The van der Waals surface area contributed by atoms with Crippen LogP contribution in [0.1, 0.15) is 0 Å². The average molecular weight is 325 g/mol. The first-order valence-electron chi connectivity index (χ1n) is 7.19. The molecule has 0 aromatic carbocycles. The molecule has 1 amide bonds. The van der Waals surface area contributed by atoms with Gasteiger partial charge in [-0.1, -0.05) is 0 Å². The molecule has 0 aliphatic heterocycles. The van der Waals surface area contributed by atoms with E-state index in [1.807, 2.05) is 0 Å². The summed E-state index contributed by atoms with van der Waals surface area (Å²) in [6.45, 7) is 4.54. The zero-order valence-corrected chi connectivity index (χ0v) is 12.9. The fourth-order valence-corrected chi connectivity index (χ4v) is 1.25. The number of rotatable bonds is 17. The highest BCUT2D eigenvalue weighted by Crippen LogP contribution is 1.84. The summed E-state index contributed by atoms with van der Waals surface area (Å²) in [4.78, 5) is 10.2. The van der Waals surface area contributed by atoms with E-state index < -0.39 is 6.09 Å². The van der Waals surface area contributed by atoms with Gasteiger partial charge in [-0.15, -0.1) is 0 Å². The van der Waals surface area contributed by atoms with Gasteiger partial charge in [-0.25, -0.2) is 4.79 Å². The second kappa shape index (κ2) is 18.1. The number of primary amides is 1. The van der Waals surface area contributed by atoms with E-state index in [4.69, 9.17) is 34.5 Å². The predicted octanol–water partition coefficient (Wildman–Crippen LogP) is -0.843. The molecule has 9 nitrogen and oxygen atoms in total. The molecule has 3 N–H and O–H groups in total. The Labute approximate surface area is 130 Å². The second-order valence-corrected chi connectivity index (χ2v) is 3.95. The second-order valence-electron chi connectivity index (χ2n) is 3.95. The molecule has 0 aliphatic rings. The Kier molecular flexibility index (Phi) is 17.3. The number of hydrogen-bond donors (Lipinski definition) is 2. The Morgan fingerprint density at radius 3 is 1.27 bits per heavy atom. The van der Waals surface area contributed by atoms with E-state index in [1.165, 1.54) is 0 Å². The molecule has 132 valence electrons. The summed E-state index contributed by atoms with van der Waals surface area (Å²) < 4.78 is 30.4. The Morgan fingerprint density at radius 1 is 0.636 bits per heavy atom. The third-order valence-corrected chi connectivity index (χ3v) is 2.20. The smallest absolute Gasteiger partial charge is 0.404 e. The Balaban J connectivity index is 2.95. The van der Waals surface area contributed by atoms with Gasteiger partial charge in [-0.2, -0.15) is 0 Å². The van der Waals surface area contributed by atoms with Gasteiger partial charge >= 0.3 is 6.09 Å². The van der Waals surface area contributed by atoms with Crippen molar-refractivity contribution in [3.05, 3.63) is 0 Å². The van der Waals surface area contributed by atoms with E-state index in [0.717, 1.165) is 0 Å². The number of carbonyl (C=O) groups excluding carboxylic acids is 1. The average Bonchev–Trinajstić information content (AvgIpc) is 2.50. The minimum atomic E-state index is -0.807. The minimum absolute atomic E-state index is 0.0231. The highest BCUT2D eigenvalue weighted by atomic mass is 16.6. The Bertz CT molecular complexity index is 242. The summed E-state index contributed by atoms with van der Waals surface area (Å²) in [6.07, 6.45) is -0.807. The van der Waals surface area contributed by atoms with E-state index in [0.29, 0.717) is 66.1 Å². The van der Waals surface area contributed by atoms with Crippen molar-refractivity contribution in [1.29, 1.82) is 0 Å². The van der Waals surface area contributed by atoms with E-state index in [1.54, 1.807) is 0 Å². The number of amides is 1. The summed E-state index contributed by atoms with van der Waals surface area (Å²) >= 11 is 0. The summed E-state index contributed by atoms with van der Waals surface area (Å²) in [5.74, 6) is 0. The molecule has 0 aromatic heterocycles. The molecule has 0 saturated carbocycles. The quantitative estimate of drug-likeness (QED) is 0.332. The summed E-state index contributed by atoms with van der Waals surface area (Å²) in [5, 5.41) is 8.47. The van der Waals surface area contributed by atoms with E-state index >= 15 is 0 Å². The molecule has 0 atom stereocenters. The maximum absolute atomic E-state index is 10.2. The van der Waals surface area contributed by atoms with Crippen LogP contribution in [0.25, 0.3) is 0 Å². The molecule has 0 spiro atoms. The third-order valence-electron chi connectivity index (χ3n) is 2.20. The van der Waals surface area contributed by atoms with Crippen molar-refractivity contribution in [2.75, 3.05) is 79.3 Å². The van der Waals surface area contributed by atoms with E-state index in [9.17, 15) is 4.79 Å². The van der Waals surface area contributed by atoms with Crippen LogP contribution in [0.4, 0.5) is 4.79 Å². The molecule has 0 rings (SSSR count). The number of ether oxygens (including phenoxy) is 6. The van der Waals surface area contributed by atoms with Crippen molar-refractivity contribution >= 4 is 6.09 Å². The van der Waals surface area contributed by atoms with Gasteiger partial charge in [0.2, 0.25) is 0 Å². The van der Waals surface area contributed by atoms with Gasteiger partial charge in [-0.05, 0) is 0 Å². The van der Waals surface area contributed by atoms with Crippen molar-refractivity contribution in [3.8, 4) is 0 Å². The molecule has 0 heterocycles. The fourth-order valence-electron chi connectivity index (χ4n) is 1.25. The Hall–Kier alpha value is -0.970. The molecule has 9 heteroatoms. The molecule has 0 radical (unpaired) electrons. The van der Waals surface area contributed by atoms with Crippen LogP contribution in [0, 0.1) is 0 Å². The van der Waals surface area contributed by atoms with Crippen LogP contribution in [0.2, 0.25) is 0 Å². The maximum atomic E-state index is 10.2. The van der Waals surface area contributed by atoms with Crippen LogP contribution in [0.5, 0.6) is 0 Å². The van der Waals surface area contributed by atoms with Crippen LogP contribution in [-0.4, -0.2) is 90.5 Å². The van der Waals surface area contributed by atoms with Crippen LogP contribution >= 0.6 is 0 Å². The highest BCUT2D eigenvalue weighted by molar-refractivity contribution is 5.64. The number of nitrogens with two attached hydrogens (primary N) is 1. The molecule has 0 fully saturated rings. The van der Waals surface area contributed by atoms with E-state index in [2.05, 4.69) is 4.74 Å². The van der Waals surface area contributed by atoms with Crippen molar-refractivity contribution in [1.82, 2.24) is 0 Å². The normalized spacial score (nSPS) is 10.8. The van der Waals surface area contributed by atoms with Gasteiger partial charge in [0.05, 0.1) is 72.7 Å². The van der Waals surface area contributed by atoms with Crippen LogP contribution in [-0.2, 0) is 28.4 Å². The number of aliphatic hydroxyl groups excluding tert-OH is 1. The zero-order chi connectivity index (χ0) is 16.3. The molecule has 0 aliphatic carbocycles. The topological polar surface area (TPSA) is 119 Å². The first-order valence-corrected chi connectivity index (χ1v) is 7.19. The van der Waals surface area contributed by atoms with Gasteiger partial charge < -0.3 is 39.3 Å². The largest absolute Gasteiger partial charge is 0.447 e. The first kappa shape index (κ1) is 21.0. The lowest BCUT2D eigenvalue weighted by atomic mass is 10.7. The van der Waals surface area contributed by atoms with Crippen LogP contribution in [0.3, 0.4) is 0 Å². The molecular weight excluding hydrogens is 298 g/mol. The summed E-state index contributed by atoms with van der Waals surface area (Å²) in [5.41, 5.74) is 4.78. The number of hydrogen-bond acceptors (Lipinski definition) is 8. The highest BCUT2D eigenvalue weighted by Gasteiger charge is 1.95. The van der Waals surface area contributed by atoms with Gasteiger partial charge in [0, 0.05) is 0 Å². The predicted molar refractivity (Wildman–Crippen MR) is 76.7 cm³/mol. The SMILES string of the molecule is NC(=O)OCCOCCOCCOCCOCCOCCO. The first-order chi connectivity index (χ1) is 10.8. The molecule has 22 heavy (non-hydrogen) atoms. The third kappa shape index (κ3) is 19.0. The zero-order valence-electron chi connectivity index (χ0n) is 12.9. The molecule has 0 aromatic rings. The summed E-state index contributed by atoms with van der Waals surface area (Å²) in [7, 11) is 0. The number of aliphatic hydroxyl groups is 1.